The molecule has 4 rings (SSSR count). The van der Waals surface area contributed by atoms with Crippen LogP contribution in [0.2, 0.25) is 0 Å². The fraction of sp³-hybridized carbons (Fsp3) is 0.333. The number of thioether (sulfide) groups is 1. The zero-order chi connectivity index (χ0) is 14.3. The Labute approximate surface area is 138 Å². The van der Waals surface area contributed by atoms with E-state index in [1.807, 2.05) is 0 Å². The smallest absolute Gasteiger partial charge is 0.0213 e. The second-order valence-corrected chi connectivity index (χ2v) is 8.41. The Hall–Kier alpha value is -0.770. The fourth-order valence-electron chi connectivity index (χ4n) is 3.52. The third-order valence-corrected chi connectivity index (χ3v) is 6.51. The Morgan fingerprint density at radius 3 is 2.71 bits per heavy atom. The molecule has 1 nitrogen and oxygen atoms in total. The molecular weight excluding hydrogens is 342 g/mol. The molecule has 3 heteroatoms. The first-order valence-corrected chi connectivity index (χ1v) is 9.14. The van der Waals surface area contributed by atoms with Gasteiger partial charge in [0, 0.05) is 33.1 Å². The van der Waals surface area contributed by atoms with Crippen LogP contribution in [0.15, 0.2) is 57.9 Å². The molecule has 0 aliphatic carbocycles. The van der Waals surface area contributed by atoms with Crippen LogP contribution in [0.25, 0.3) is 0 Å². The van der Waals surface area contributed by atoms with E-state index in [2.05, 4.69) is 81.5 Å². The summed E-state index contributed by atoms with van der Waals surface area (Å²) in [7, 11) is 0. The van der Waals surface area contributed by atoms with Crippen LogP contribution in [-0.2, 0) is 11.8 Å². The van der Waals surface area contributed by atoms with Gasteiger partial charge >= 0.3 is 0 Å². The summed E-state index contributed by atoms with van der Waals surface area (Å²) in [6, 6.07) is 17.7. The summed E-state index contributed by atoms with van der Waals surface area (Å²) in [6.45, 7) is 2.22. The first-order chi connectivity index (χ1) is 10.3. The van der Waals surface area contributed by atoms with Gasteiger partial charge in [-0.25, -0.2) is 0 Å². The number of hydrogen-bond donors (Lipinski definition) is 1. The van der Waals surface area contributed by atoms with Gasteiger partial charge in [-0.2, -0.15) is 0 Å². The van der Waals surface area contributed by atoms with Gasteiger partial charge in [0.05, 0.1) is 0 Å². The summed E-state index contributed by atoms with van der Waals surface area (Å²) in [5.74, 6) is 0. The van der Waals surface area contributed by atoms with Crippen molar-refractivity contribution in [1.82, 2.24) is 5.32 Å². The summed E-state index contributed by atoms with van der Waals surface area (Å²) in [5.41, 5.74) is 3.33. The van der Waals surface area contributed by atoms with E-state index in [0.717, 1.165) is 13.1 Å². The molecular formula is C18H18BrNS. The van der Waals surface area contributed by atoms with Crippen molar-refractivity contribution < 1.29 is 0 Å². The Kier molecular flexibility index (Phi) is 3.60. The number of hydrogen-bond acceptors (Lipinski definition) is 2. The van der Waals surface area contributed by atoms with Crippen molar-refractivity contribution in [2.45, 2.75) is 28.4 Å². The van der Waals surface area contributed by atoms with E-state index >= 15 is 0 Å². The highest BCUT2D eigenvalue weighted by atomic mass is 79.9. The standard InChI is InChI=1S/C18H18BrNS/c19-15-6-3-5-14(9-15)18(11-20-12-18)10-16-8-13-4-1-2-7-17(13)21-16/h1-7,9,16,20H,8,10-12H2. The van der Waals surface area contributed by atoms with Crippen LogP contribution in [0.3, 0.4) is 0 Å². The molecule has 0 amide bonds. The minimum Gasteiger partial charge on any atom is -0.315 e. The molecule has 1 atom stereocenters. The zero-order valence-corrected chi connectivity index (χ0v) is 14.2. The molecule has 2 aromatic carbocycles. The molecule has 1 N–H and O–H groups in total. The molecule has 2 heterocycles. The van der Waals surface area contributed by atoms with Crippen molar-refractivity contribution in [2.75, 3.05) is 13.1 Å². The van der Waals surface area contributed by atoms with Crippen LogP contribution >= 0.6 is 27.7 Å². The minimum absolute atomic E-state index is 0.323. The van der Waals surface area contributed by atoms with Crippen LogP contribution in [0.4, 0.5) is 0 Å². The molecule has 2 aliphatic heterocycles. The van der Waals surface area contributed by atoms with E-state index in [1.165, 1.54) is 33.3 Å². The number of nitrogens with one attached hydrogen (secondary N) is 1. The quantitative estimate of drug-likeness (QED) is 0.871. The number of benzene rings is 2. The number of fused-ring (bicyclic) bond motifs is 1. The lowest BCUT2D eigenvalue weighted by atomic mass is 9.71. The lowest BCUT2D eigenvalue weighted by Crippen LogP contribution is -2.57. The van der Waals surface area contributed by atoms with E-state index < -0.39 is 0 Å². The van der Waals surface area contributed by atoms with E-state index in [4.69, 9.17) is 0 Å². The third kappa shape index (κ3) is 2.56. The van der Waals surface area contributed by atoms with Crippen molar-refractivity contribution in [3.63, 3.8) is 0 Å². The van der Waals surface area contributed by atoms with Crippen molar-refractivity contribution >= 4 is 27.7 Å². The molecule has 0 radical (unpaired) electrons. The van der Waals surface area contributed by atoms with Crippen molar-refractivity contribution in [3.05, 3.63) is 64.1 Å². The normalized spacial score (nSPS) is 22.6. The molecule has 21 heavy (non-hydrogen) atoms. The van der Waals surface area contributed by atoms with Crippen molar-refractivity contribution in [1.29, 1.82) is 0 Å². The highest BCUT2D eigenvalue weighted by Crippen LogP contribution is 2.44. The van der Waals surface area contributed by atoms with Crippen molar-refractivity contribution in [2.24, 2.45) is 0 Å². The van der Waals surface area contributed by atoms with Crippen molar-refractivity contribution in [3.8, 4) is 0 Å². The largest absolute Gasteiger partial charge is 0.315 e. The monoisotopic (exact) mass is 359 g/mol. The van der Waals surface area contributed by atoms with Gasteiger partial charge < -0.3 is 5.32 Å². The molecule has 1 saturated heterocycles. The molecule has 1 unspecified atom stereocenters. The van der Waals surface area contributed by atoms with Crippen LogP contribution in [-0.4, -0.2) is 18.3 Å². The van der Waals surface area contributed by atoms with E-state index in [-0.39, 0.29) is 0 Å². The molecule has 2 aromatic rings. The summed E-state index contributed by atoms with van der Waals surface area (Å²) in [6.07, 6.45) is 2.48. The van der Waals surface area contributed by atoms with Gasteiger partial charge in [0.1, 0.15) is 0 Å². The first-order valence-electron chi connectivity index (χ1n) is 7.47. The van der Waals surface area contributed by atoms with Crippen LogP contribution in [0.5, 0.6) is 0 Å². The van der Waals surface area contributed by atoms with Gasteiger partial charge in [-0.1, -0.05) is 46.3 Å². The molecule has 2 aliphatic rings. The van der Waals surface area contributed by atoms with Gasteiger partial charge in [-0.3, -0.25) is 0 Å². The zero-order valence-electron chi connectivity index (χ0n) is 11.8. The molecule has 0 bridgehead atoms. The van der Waals surface area contributed by atoms with Crippen LogP contribution in [0.1, 0.15) is 17.5 Å². The average molecular weight is 360 g/mol. The summed E-state index contributed by atoms with van der Waals surface area (Å²) < 4.78 is 1.19. The predicted octanol–water partition coefficient (Wildman–Crippen LogP) is 4.40. The molecule has 108 valence electrons. The molecule has 1 fully saturated rings. The Morgan fingerprint density at radius 2 is 2.00 bits per heavy atom. The topological polar surface area (TPSA) is 12.0 Å². The maximum Gasteiger partial charge on any atom is 0.0213 e. The van der Waals surface area contributed by atoms with Gasteiger partial charge in [-0.15, -0.1) is 11.8 Å². The lowest BCUT2D eigenvalue weighted by Gasteiger charge is -2.45. The average Bonchev–Trinajstić information content (AvgIpc) is 2.85. The van der Waals surface area contributed by atoms with Gasteiger partial charge in [0.25, 0.3) is 0 Å². The van der Waals surface area contributed by atoms with Crippen LogP contribution < -0.4 is 5.32 Å². The highest BCUT2D eigenvalue weighted by Gasteiger charge is 2.41. The maximum absolute atomic E-state index is 3.62. The van der Waals surface area contributed by atoms with Gasteiger partial charge in [0.15, 0.2) is 0 Å². The lowest BCUT2D eigenvalue weighted by molar-refractivity contribution is 0.256. The summed E-state index contributed by atoms with van der Waals surface area (Å²) >= 11 is 5.69. The second-order valence-electron chi connectivity index (χ2n) is 6.15. The first kappa shape index (κ1) is 13.9. The Morgan fingerprint density at radius 1 is 1.14 bits per heavy atom. The van der Waals surface area contributed by atoms with E-state index in [0.29, 0.717) is 10.7 Å². The molecule has 0 aromatic heterocycles. The number of halogens is 1. The third-order valence-electron chi connectivity index (χ3n) is 4.70. The van der Waals surface area contributed by atoms with Gasteiger partial charge in [-0.05, 0) is 42.2 Å². The SMILES string of the molecule is Brc1cccc(C2(CC3Cc4ccccc4S3)CNC2)c1. The highest BCUT2D eigenvalue weighted by molar-refractivity contribution is 9.10. The fourth-order valence-corrected chi connectivity index (χ4v) is 5.40. The predicted molar refractivity (Wildman–Crippen MR) is 93.1 cm³/mol. The summed E-state index contributed by atoms with van der Waals surface area (Å²) in [5, 5.41) is 4.20. The summed E-state index contributed by atoms with van der Waals surface area (Å²) in [4.78, 5) is 1.49. The van der Waals surface area contributed by atoms with E-state index in [1.54, 1.807) is 0 Å². The molecule has 0 saturated carbocycles. The maximum atomic E-state index is 3.62. The second kappa shape index (κ2) is 5.45. The Bertz CT molecular complexity index is 641. The minimum atomic E-state index is 0.323. The Balaban J connectivity index is 1.56. The van der Waals surface area contributed by atoms with Gasteiger partial charge in [0.2, 0.25) is 0 Å². The number of rotatable bonds is 3. The van der Waals surface area contributed by atoms with Crippen LogP contribution in [0, 0.1) is 0 Å². The molecule has 0 spiro atoms. The van der Waals surface area contributed by atoms with E-state index in [9.17, 15) is 0 Å².